The van der Waals surface area contributed by atoms with Crippen molar-refractivity contribution in [2.45, 2.75) is 30.7 Å². The molecule has 3 rings (SSSR count). The largest absolute Gasteiger partial charge is 1.00 e. The minimum atomic E-state index is -3.94. The fraction of sp³-hybridized carbons (Fsp3) is 0.310. The van der Waals surface area contributed by atoms with Crippen LogP contribution in [0.2, 0.25) is 0 Å². The molecule has 41 heavy (non-hydrogen) atoms. The van der Waals surface area contributed by atoms with Gasteiger partial charge in [-0.15, -0.1) is 0 Å². The van der Waals surface area contributed by atoms with Gasteiger partial charge in [0.1, 0.15) is 0 Å². The molecule has 12 heteroatoms. The van der Waals surface area contributed by atoms with E-state index in [1.165, 1.54) is 37.1 Å². The number of thioether (sulfide) groups is 1. The van der Waals surface area contributed by atoms with Crippen LogP contribution in [0.4, 0.5) is 0 Å². The second-order valence-electron chi connectivity index (χ2n) is 8.99. The fourth-order valence-corrected chi connectivity index (χ4v) is 5.69. The summed E-state index contributed by atoms with van der Waals surface area (Å²) in [6, 6.07) is 15.6. The number of methoxy groups -OCH3 is 2. The van der Waals surface area contributed by atoms with Gasteiger partial charge in [0.2, 0.25) is 10.0 Å². The summed E-state index contributed by atoms with van der Waals surface area (Å²) in [5.41, 5.74) is 2.88. The van der Waals surface area contributed by atoms with E-state index in [2.05, 4.69) is 10.0 Å². The first-order chi connectivity index (χ1) is 19.1. The Morgan fingerprint density at radius 1 is 0.976 bits per heavy atom. The molecule has 1 unspecified atom stereocenters. The number of sulfonamides is 1. The summed E-state index contributed by atoms with van der Waals surface area (Å²) in [5, 5.41) is 14.1. The monoisotopic (exact) mass is 592 g/mol. The first-order valence-corrected chi connectivity index (χ1v) is 15.4. The standard InChI is InChI=1S/C29H34N2O7S2.Li/c1-19-7-5-6-8-22(19)24-18-21(10-11-23(24)28(32)31-25(29(33)34)14-16-39-4)40(35,36)30-15-13-20-9-12-26(37-2)27(17-20)38-3;/h5-12,17-18,25,30H,13-16H2,1-4H3,(H,31,32)(H,33,34);/q;+1/p-1. The number of aryl methyl sites for hydroxylation is 1. The number of carboxylic acids is 1. The maximum atomic E-state index is 13.2. The number of carbonyl (C=O) groups is 2. The number of aliphatic carboxylic acids is 1. The number of ether oxygens (including phenoxy) is 2. The van der Waals surface area contributed by atoms with Gasteiger partial charge < -0.3 is 24.7 Å². The second-order valence-corrected chi connectivity index (χ2v) is 11.7. The van der Waals surface area contributed by atoms with Crippen LogP contribution in [-0.2, 0) is 21.2 Å². The van der Waals surface area contributed by atoms with E-state index in [4.69, 9.17) is 9.47 Å². The molecule has 0 bridgehead atoms. The summed E-state index contributed by atoms with van der Waals surface area (Å²) in [7, 11) is -0.866. The first-order valence-electron chi connectivity index (χ1n) is 12.5. The van der Waals surface area contributed by atoms with Crippen molar-refractivity contribution in [3.8, 4) is 22.6 Å². The summed E-state index contributed by atoms with van der Waals surface area (Å²) >= 11 is 1.46. The molecule has 0 saturated carbocycles. The SMILES string of the molecule is COc1ccc(CCNS(=O)(=O)c2ccc(C(=O)NC(CCSC)C(=O)[O-])c(-c3ccccc3C)c2)cc1OC.[Li+]. The molecule has 3 aromatic rings. The quantitative estimate of drug-likeness (QED) is 0.246. The van der Waals surface area contributed by atoms with Crippen LogP contribution in [0.25, 0.3) is 11.1 Å². The first kappa shape index (κ1) is 34.3. The third kappa shape index (κ3) is 9.02. The minimum Gasteiger partial charge on any atom is -0.548 e. The average Bonchev–Trinajstić information content (AvgIpc) is 2.94. The molecule has 0 aliphatic rings. The molecule has 1 atom stereocenters. The number of carbonyl (C=O) groups excluding carboxylic acids is 2. The van der Waals surface area contributed by atoms with Crippen LogP contribution in [0.15, 0.2) is 65.6 Å². The van der Waals surface area contributed by atoms with Crippen molar-refractivity contribution in [1.29, 1.82) is 0 Å². The summed E-state index contributed by atoms with van der Waals surface area (Å²) in [6.45, 7) is 1.98. The van der Waals surface area contributed by atoms with Gasteiger partial charge in [0, 0.05) is 12.1 Å². The van der Waals surface area contributed by atoms with Crippen molar-refractivity contribution in [2.75, 3.05) is 32.8 Å². The van der Waals surface area contributed by atoms with Crippen LogP contribution in [0.1, 0.15) is 27.9 Å². The van der Waals surface area contributed by atoms with Crippen molar-refractivity contribution in [3.05, 3.63) is 77.4 Å². The number of rotatable bonds is 14. The van der Waals surface area contributed by atoms with Gasteiger partial charge in [-0.05, 0) is 84.4 Å². The molecule has 9 nitrogen and oxygen atoms in total. The Hall–Kier alpha value is -2.94. The third-order valence-corrected chi connectivity index (χ3v) is 8.44. The van der Waals surface area contributed by atoms with Gasteiger partial charge in [-0.25, -0.2) is 13.1 Å². The molecule has 0 spiro atoms. The average molecular weight is 593 g/mol. The molecule has 0 radical (unpaired) electrons. The van der Waals surface area contributed by atoms with Crippen LogP contribution in [0.3, 0.4) is 0 Å². The van der Waals surface area contributed by atoms with Crippen LogP contribution < -0.4 is 43.5 Å². The normalized spacial score (nSPS) is 11.7. The van der Waals surface area contributed by atoms with E-state index < -0.39 is 27.9 Å². The van der Waals surface area contributed by atoms with Gasteiger partial charge in [-0.1, -0.05) is 30.3 Å². The molecule has 0 aliphatic carbocycles. The summed E-state index contributed by atoms with van der Waals surface area (Å²) in [6.07, 6.45) is 2.45. The van der Waals surface area contributed by atoms with Crippen molar-refractivity contribution in [3.63, 3.8) is 0 Å². The van der Waals surface area contributed by atoms with Crippen molar-refractivity contribution in [1.82, 2.24) is 10.0 Å². The number of carboxylic acid groups (broad SMARTS) is 1. The molecular weight excluding hydrogens is 559 g/mol. The van der Waals surface area contributed by atoms with Crippen molar-refractivity contribution >= 4 is 33.7 Å². The fourth-order valence-electron chi connectivity index (χ4n) is 4.16. The van der Waals surface area contributed by atoms with E-state index in [1.54, 1.807) is 31.4 Å². The Kier molecular flexibility index (Phi) is 13.3. The smallest absolute Gasteiger partial charge is 0.548 e. The zero-order valence-electron chi connectivity index (χ0n) is 23.9. The molecule has 214 valence electrons. The molecule has 2 N–H and O–H groups in total. The Morgan fingerprint density at radius 2 is 1.68 bits per heavy atom. The van der Waals surface area contributed by atoms with Crippen LogP contribution in [0.5, 0.6) is 11.5 Å². The van der Waals surface area contributed by atoms with E-state index >= 15 is 0 Å². The van der Waals surface area contributed by atoms with Gasteiger partial charge in [-0.2, -0.15) is 11.8 Å². The van der Waals surface area contributed by atoms with Gasteiger partial charge in [0.25, 0.3) is 5.91 Å². The molecule has 3 aromatic carbocycles. The molecule has 0 fully saturated rings. The Morgan fingerprint density at radius 3 is 2.32 bits per heavy atom. The number of nitrogens with one attached hydrogen (secondary N) is 2. The van der Waals surface area contributed by atoms with Crippen LogP contribution >= 0.6 is 11.8 Å². The Balaban J connectivity index is 0.00000588. The maximum absolute atomic E-state index is 13.2. The van der Waals surface area contributed by atoms with Gasteiger partial charge in [0.05, 0.1) is 31.1 Å². The molecule has 0 aromatic heterocycles. The van der Waals surface area contributed by atoms with Gasteiger partial charge in [0.15, 0.2) is 11.5 Å². The third-order valence-electron chi connectivity index (χ3n) is 6.34. The maximum Gasteiger partial charge on any atom is 1.00 e. The molecule has 1 amide bonds. The number of benzene rings is 3. The second kappa shape index (κ2) is 15.9. The molecule has 0 aliphatic heterocycles. The van der Waals surface area contributed by atoms with Gasteiger partial charge in [-0.3, -0.25) is 4.79 Å². The predicted molar refractivity (Wildman–Crippen MR) is 154 cm³/mol. The van der Waals surface area contributed by atoms with E-state index in [0.29, 0.717) is 34.8 Å². The Labute approximate surface area is 257 Å². The van der Waals surface area contributed by atoms with E-state index in [9.17, 15) is 23.1 Å². The molecule has 0 saturated heterocycles. The summed E-state index contributed by atoms with van der Waals surface area (Å²) in [5.74, 6) is -0.351. The number of hydrogen-bond donors (Lipinski definition) is 2. The number of amides is 1. The zero-order valence-corrected chi connectivity index (χ0v) is 25.5. The molecule has 0 heterocycles. The van der Waals surface area contributed by atoms with Crippen molar-refractivity contribution in [2.24, 2.45) is 0 Å². The van der Waals surface area contributed by atoms with Crippen LogP contribution in [0, 0.1) is 6.92 Å². The van der Waals surface area contributed by atoms with Crippen molar-refractivity contribution < 1.29 is 51.4 Å². The minimum absolute atomic E-state index is 0. The van der Waals surface area contributed by atoms with E-state index in [0.717, 1.165) is 11.1 Å². The molecular formula is C29H33LiN2O7S2. The predicted octanol–water partition coefficient (Wildman–Crippen LogP) is -0.194. The van der Waals surface area contributed by atoms with Gasteiger partial charge >= 0.3 is 18.9 Å². The van der Waals surface area contributed by atoms with E-state index in [1.807, 2.05) is 31.4 Å². The number of hydrogen-bond acceptors (Lipinski definition) is 8. The summed E-state index contributed by atoms with van der Waals surface area (Å²) in [4.78, 5) is 24.8. The van der Waals surface area contributed by atoms with Crippen LogP contribution in [-0.4, -0.2) is 59.1 Å². The zero-order chi connectivity index (χ0) is 29.3. The van der Waals surface area contributed by atoms with E-state index in [-0.39, 0.29) is 42.3 Å². The topological polar surface area (TPSA) is 134 Å². The Bertz CT molecular complexity index is 1470. The summed E-state index contributed by atoms with van der Waals surface area (Å²) < 4.78 is 39.6.